The number of hydrogen-bond donors (Lipinski definition) is 4. The van der Waals surface area contributed by atoms with E-state index in [9.17, 15) is 14.3 Å². The van der Waals surface area contributed by atoms with Crippen molar-refractivity contribution in [3.8, 4) is 5.75 Å². The lowest BCUT2D eigenvalue weighted by atomic mass is 9.86. The van der Waals surface area contributed by atoms with Gasteiger partial charge in [-0.15, -0.1) is 0 Å². The van der Waals surface area contributed by atoms with Crippen LogP contribution in [0.3, 0.4) is 0 Å². The maximum Gasteiger partial charge on any atom is 0.251 e. The number of aliphatic hydroxyl groups is 1. The number of hydrogen-bond acceptors (Lipinski definition) is 8. The maximum absolute atomic E-state index is 14.6. The molecule has 3 aromatic rings. The molecule has 1 aliphatic rings. The zero-order chi connectivity index (χ0) is 28.7. The SMILES string of the molecule is COCCOc1ccc(Nc2ncc(F)c(NC3CCCC(NC(=O)c4ccc(C(C)(C)C)cc4)C3O)n2)cc1. The van der Waals surface area contributed by atoms with E-state index in [1.54, 1.807) is 43.5 Å². The Bertz CT molecular complexity index is 1260. The number of carbonyl (C=O) groups excluding carboxylic acids is 1. The van der Waals surface area contributed by atoms with Crippen LogP contribution in [0.2, 0.25) is 0 Å². The van der Waals surface area contributed by atoms with Crippen molar-refractivity contribution in [3.05, 3.63) is 71.7 Å². The molecule has 0 bridgehead atoms. The first-order chi connectivity index (χ1) is 19.1. The lowest BCUT2D eigenvalue weighted by Crippen LogP contribution is -2.53. The number of anilines is 3. The molecule has 1 amide bonds. The predicted molar refractivity (Wildman–Crippen MR) is 153 cm³/mol. The summed E-state index contributed by atoms with van der Waals surface area (Å²) in [5.74, 6) is -0.0128. The second kappa shape index (κ2) is 13.1. The Balaban J connectivity index is 1.37. The molecule has 1 aliphatic carbocycles. The third-order valence-electron chi connectivity index (χ3n) is 6.92. The fourth-order valence-corrected chi connectivity index (χ4v) is 4.58. The Kier molecular flexibility index (Phi) is 9.54. The predicted octanol–water partition coefficient (Wildman–Crippen LogP) is 4.81. The first kappa shape index (κ1) is 29.2. The lowest BCUT2D eigenvalue weighted by molar-refractivity contribution is 0.0656. The molecule has 10 heteroatoms. The van der Waals surface area contributed by atoms with Gasteiger partial charge >= 0.3 is 0 Å². The molecule has 1 fully saturated rings. The summed E-state index contributed by atoms with van der Waals surface area (Å²) >= 11 is 0. The molecule has 40 heavy (non-hydrogen) atoms. The number of aliphatic hydroxyl groups excluding tert-OH is 1. The molecule has 0 aliphatic heterocycles. The van der Waals surface area contributed by atoms with Crippen LogP contribution in [-0.4, -0.2) is 59.5 Å². The number of rotatable bonds is 10. The molecule has 214 valence electrons. The quantitative estimate of drug-likeness (QED) is 0.265. The Morgan fingerprint density at radius 2 is 1.75 bits per heavy atom. The van der Waals surface area contributed by atoms with Crippen molar-refractivity contribution in [2.45, 2.75) is 63.6 Å². The van der Waals surface area contributed by atoms with Crippen LogP contribution in [0.25, 0.3) is 0 Å². The van der Waals surface area contributed by atoms with Crippen LogP contribution in [0.1, 0.15) is 56.0 Å². The van der Waals surface area contributed by atoms with Gasteiger partial charge in [-0.2, -0.15) is 4.98 Å². The molecule has 0 saturated heterocycles. The molecule has 4 rings (SSSR count). The Morgan fingerprint density at radius 1 is 1.05 bits per heavy atom. The highest BCUT2D eigenvalue weighted by molar-refractivity contribution is 5.94. The van der Waals surface area contributed by atoms with Crippen LogP contribution < -0.4 is 20.7 Å². The van der Waals surface area contributed by atoms with Crippen LogP contribution >= 0.6 is 0 Å². The highest BCUT2D eigenvalue weighted by Gasteiger charge is 2.34. The second-order valence-electron chi connectivity index (χ2n) is 11.0. The summed E-state index contributed by atoms with van der Waals surface area (Å²) in [6, 6.07) is 13.7. The van der Waals surface area contributed by atoms with Gasteiger partial charge in [0.05, 0.1) is 31.0 Å². The van der Waals surface area contributed by atoms with Gasteiger partial charge < -0.3 is 30.5 Å². The Hall–Kier alpha value is -3.76. The third kappa shape index (κ3) is 7.67. The van der Waals surface area contributed by atoms with Crippen molar-refractivity contribution >= 4 is 23.4 Å². The lowest BCUT2D eigenvalue weighted by Gasteiger charge is -2.36. The Morgan fingerprint density at radius 3 is 2.42 bits per heavy atom. The maximum atomic E-state index is 14.6. The van der Waals surface area contributed by atoms with Gasteiger partial charge in [-0.3, -0.25) is 4.79 Å². The average Bonchev–Trinajstić information content (AvgIpc) is 2.93. The van der Waals surface area contributed by atoms with Crippen LogP contribution in [0, 0.1) is 5.82 Å². The normalized spacial score (nSPS) is 19.1. The first-order valence-electron chi connectivity index (χ1n) is 13.5. The fraction of sp³-hybridized carbons (Fsp3) is 0.433. The van der Waals surface area contributed by atoms with Crippen LogP contribution in [0.4, 0.5) is 21.8 Å². The molecule has 2 aromatic carbocycles. The molecular formula is C30H38FN5O4. The number of aromatic nitrogens is 2. The van der Waals surface area contributed by atoms with Gasteiger partial charge in [-0.25, -0.2) is 9.37 Å². The minimum absolute atomic E-state index is 0.0111. The summed E-state index contributed by atoms with van der Waals surface area (Å²) in [4.78, 5) is 21.2. The molecule has 1 heterocycles. The van der Waals surface area contributed by atoms with E-state index in [1.165, 1.54) is 0 Å². The summed E-state index contributed by atoms with van der Waals surface area (Å²) in [6.45, 7) is 7.29. The first-order valence-corrected chi connectivity index (χ1v) is 13.5. The van der Waals surface area contributed by atoms with E-state index in [0.29, 0.717) is 43.1 Å². The van der Waals surface area contributed by atoms with Crippen molar-refractivity contribution in [1.82, 2.24) is 15.3 Å². The number of nitrogens with one attached hydrogen (secondary N) is 3. The molecule has 0 spiro atoms. The van der Waals surface area contributed by atoms with E-state index in [2.05, 4.69) is 46.7 Å². The molecular weight excluding hydrogens is 513 g/mol. The number of amides is 1. The summed E-state index contributed by atoms with van der Waals surface area (Å²) in [5.41, 5.74) is 2.36. The van der Waals surface area contributed by atoms with Gasteiger partial charge in [0.1, 0.15) is 12.4 Å². The summed E-state index contributed by atoms with van der Waals surface area (Å²) in [6.07, 6.45) is 2.12. The number of nitrogens with zero attached hydrogens (tertiary/aromatic N) is 2. The largest absolute Gasteiger partial charge is 0.491 e. The zero-order valence-corrected chi connectivity index (χ0v) is 23.4. The molecule has 3 atom stereocenters. The van der Waals surface area contributed by atoms with Gasteiger partial charge in [0.25, 0.3) is 5.91 Å². The number of halogens is 1. The van der Waals surface area contributed by atoms with Gasteiger partial charge in [0, 0.05) is 18.4 Å². The third-order valence-corrected chi connectivity index (χ3v) is 6.92. The topological polar surface area (TPSA) is 118 Å². The molecule has 1 saturated carbocycles. The van der Waals surface area contributed by atoms with Gasteiger partial charge in [0.15, 0.2) is 11.6 Å². The molecule has 9 nitrogen and oxygen atoms in total. The summed E-state index contributed by atoms with van der Waals surface area (Å²) < 4.78 is 25.2. The van der Waals surface area contributed by atoms with Crippen molar-refractivity contribution < 1.29 is 23.8 Å². The Labute approximate surface area is 234 Å². The fourth-order valence-electron chi connectivity index (χ4n) is 4.58. The highest BCUT2D eigenvalue weighted by atomic mass is 19.1. The van der Waals surface area contributed by atoms with E-state index < -0.39 is 24.0 Å². The van der Waals surface area contributed by atoms with E-state index >= 15 is 0 Å². The monoisotopic (exact) mass is 551 g/mol. The van der Waals surface area contributed by atoms with Gasteiger partial charge in [-0.05, 0) is 66.6 Å². The minimum atomic E-state index is -0.928. The van der Waals surface area contributed by atoms with Gasteiger partial charge in [-0.1, -0.05) is 32.9 Å². The van der Waals surface area contributed by atoms with Crippen molar-refractivity contribution in [3.63, 3.8) is 0 Å². The minimum Gasteiger partial charge on any atom is -0.491 e. The summed E-state index contributed by atoms with van der Waals surface area (Å²) in [5, 5.41) is 20.1. The molecule has 4 N–H and O–H groups in total. The van der Waals surface area contributed by atoms with E-state index in [-0.39, 0.29) is 23.1 Å². The zero-order valence-electron chi connectivity index (χ0n) is 23.4. The van der Waals surface area contributed by atoms with Crippen LogP contribution in [0.15, 0.2) is 54.7 Å². The standard InChI is InChI=1S/C30H38FN5O4/c1-30(2,3)20-10-8-19(9-11-20)28(38)35-25-7-5-6-24(26(25)37)34-27-23(31)18-32-29(36-27)33-21-12-14-22(15-13-21)40-17-16-39-4/h8-15,18,24-26,37H,5-7,16-17H2,1-4H3,(H,35,38)(H2,32,33,34,36). The molecule has 0 radical (unpaired) electrons. The van der Waals surface area contributed by atoms with Crippen LogP contribution in [-0.2, 0) is 10.2 Å². The van der Waals surface area contributed by atoms with Crippen molar-refractivity contribution in [1.29, 1.82) is 0 Å². The van der Waals surface area contributed by atoms with Gasteiger partial charge in [0.2, 0.25) is 5.95 Å². The average molecular weight is 552 g/mol. The van der Waals surface area contributed by atoms with Crippen molar-refractivity contribution in [2.24, 2.45) is 0 Å². The van der Waals surface area contributed by atoms with E-state index in [1.807, 2.05) is 12.1 Å². The van der Waals surface area contributed by atoms with E-state index in [0.717, 1.165) is 18.2 Å². The number of carbonyl (C=O) groups is 1. The highest BCUT2D eigenvalue weighted by Crippen LogP contribution is 2.26. The van der Waals surface area contributed by atoms with E-state index in [4.69, 9.17) is 9.47 Å². The number of benzene rings is 2. The number of ether oxygens (including phenoxy) is 2. The second-order valence-corrected chi connectivity index (χ2v) is 11.0. The molecule has 1 aromatic heterocycles. The number of methoxy groups -OCH3 is 1. The smallest absolute Gasteiger partial charge is 0.251 e. The van der Waals surface area contributed by atoms with Crippen molar-refractivity contribution in [2.75, 3.05) is 31.0 Å². The summed E-state index contributed by atoms with van der Waals surface area (Å²) in [7, 11) is 1.61. The van der Waals surface area contributed by atoms with Crippen LogP contribution in [0.5, 0.6) is 5.75 Å². The molecule has 3 unspecified atom stereocenters.